The van der Waals surface area contributed by atoms with E-state index in [-0.39, 0.29) is 18.0 Å². The van der Waals surface area contributed by atoms with Gasteiger partial charge < -0.3 is 15.6 Å². The number of ether oxygens (including phenoxy) is 1. The SMILES string of the molecule is Cc1ccc(C(=O)O)cc1.NC(=O)c1cc(Cl)ccc1OCc1ccc(F)cc1. The molecule has 0 saturated heterocycles. The molecule has 0 unspecified atom stereocenters. The van der Waals surface area contributed by atoms with Crippen LogP contribution in [0, 0.1) is 12.7 Å². The zero-order valence-corrected chi connectivity index (χ0v) is 16.3. The van der Waals surface area contributed by atoms with Gasteiger partial charge in [-0.15, -0.1) is 0 Å². The first kappa shape index (κ1) is 21.9. The third-order valence-electron chi connectivity index (χ3n) is 3.81. The molecule has 0 atom stereocenters. The Bertz CT molecular complexity index is 989. The van der Waals surface area contributed by atoms with Crippen LogP contribution in [-0.4, -0.2) is 17.0 Å². The number of hydrogen-bond donors (Lipinski definition) is 2. The molecule has 29 heavy (non-hydrogen) atoms. The Labute approximate surface area is 172 Å². The van der Waals surface area contributed by atoms with Gasteiger partial charge in [-0.05, 0) is 55.0 Å². The van der Waals surface area contributed by atoms with E-state index in [2.05, 4.69) is 0 Å². The quantitative estimate of drug-likeness (QED) is 0.623. The average molecular weight is 416 g/mol. The van der Waals surface area contributed by atoms with Gasteiger partial charge in [-0.25, -0.2) is 9.18 Å². The molecule has 150 valence electrons. The average Bonchev–Trinajstić information content (AvgIpc) is 2.69. The van der Waals surface area contributed by atoms with Gasteiger partial charge in [-0.2, -0.15) is 0 Å². The zero-order chi connectivity index (χ0) is 21.4. The summed E-state index contributed by atoms with van der Waals surface area (Å²) < 4.78 is 18.2. The highest BCUT2D eigenvalue weighted by Crippen LogP contribution is 2.23. The molecule has 1 amide bonds. The van der Waals surface area contributed by atoms with Crippen LogP contribution in [0.2, 0.25) is 5.02 Å². The van der Waals surface area contributed by atoms with Crippen LogP contribution in [0.25, 0.3) is 0 Å². The van der Waals surface area contributed by atoms with Crippen molar-refractivity contribution in [2.24, 2.45) is 5.73 Å². The van der Waals surface area contributed by atoms with Gasteiger partial charge in [0.2, 0.25) is 0 Å². The lowest BCUT2D eigenvalue weighted by Crippen LogP contribution is -2.13. The lowest BCUT2D eigenvalue weighted by molar-refractivity contribution is 0.0696. The van der Waals surface area contributed by atoms with Gasteiger partial charge in [-0.1, -0.05) is 41.4 Å². The fourth-order valence-electron chi connectivity index (χ4n) is 2.26. The summed E-state index contributed by atoms with van der Waals surface area (Å²) >= 11 is 5.79. The summed E-state index contributed by atoms with van der Waals surface area (Å²) in [5.41, 5.74) is 7.66. The third-order valence-corrected chi connectivity index (χ3v) is 4.05. The van der Waals surface area contributed by atoms with Crippen LogP contribution >= 0.6 is 11.6 Å². The smallest absolute Gasteiger partial charge is 0.335 e. The van der Waals surface area contributed by atoms with Crippen molar-refractivity contribution in [2.75, 3.05) is 0 Å². The van der Waals surface area contributed by atoms with Gasteiger partial charge in [0.1, 0.15) is 18.2 Å². The molecular formula is C22H19ClFNO4. The minimum atomic E-state index is -0.875. The van der Waals surface area contributed by atoms with E-state index in [9.17, 15) is 14.0 Å². The second-order valence-corrected chi connectivity index (χ2v) is 6.53. The Hall–Kier alpha value is -3.38. The van der Waals surface area contributed by atoms with Crippen LogP contribution in [0.15, 0.2) is 66.7 Å². The first-order chi connectivity index (χ1) is 13.8. The standard InChI is InChI=1S/C14H11ClFNO2.C8H8O2/c15-10-3-6-13(12(7-10)14(17)18)19-8-9-1-4-11(16)5-2-9;1-6-2-4-7(5-3-6)8(9)10/h1-7H,8H2,(H2,17,18);2-5H,1H3,(H,9,10). The number of hydrogen-bond acceptors (Lipinski definition) is 3. The maximum Gasteiger partial charge on any atom is 0.335 e. The van der Waals surface area contributed by atoms with Gasteiger partial charge in [0.05, 0.1) is 11.1 Å². The van der Waals surface area contributed by atoms with Crippen LogP contribution < -0.4 is 10.5 Å². The summed E-state index contributed by atoms with van der Waals surface area (Å²) in [5, 5.41) is 8.88. The van der Waals surface area contributed by atoms with E-state index in [1.165, 1.54) is 18.2 Å². The van der Waals surface area contributed by atoms with Crippen molar-refractivity contribution in [3.05, 3.63) is 99.8 Å². The van der Waals surface area contributed by atoms with Crippen LogP contribution in [0.3, 0.4) is 0 Å². The maximum absolute atomic E-state index is 12.7. The first-order valence-corrected chi connectivity index (χ1v) is 8.90. The molecule has 0 spiro atoms. The fourth-order valence-corrected chi connectivity index (χ4v) is 2.43. The van der Waals surface area contributed by atoms with Crippen LogP contribution in [0.4, 0.5) is 4.39 Å². The predicted octanol–water partition coefficient (Wildman–Crippen LogP) is 4.85. The van der Waals surface area contributed by atoms with E-state index in [0.717, 1.165) is 11.1 Å². The van der Waals surface area contributed by atoms with Crippen molar-refractivity contribution in [1.82, 2.24) is 0 Å². The summed E-state index contributed by atoms with van der Waals surface area (Å²) in [6.07, 6.45) is 0. The lowest BCUT2D eigenvalue weighted by atomic mass is 10.2. The molecule has 3 rings (SSSR count). The number of nitrogens with two attached hydrogens (primary N) is 1. The molecule has 0 aromatic heterocycles. The second kappa shape index (κ2) is 10.2. The molecule has 3 N–H and O–H groups in total. The fraction of sp³-hybridized carbons (Fsp3) is 0.0909. The van der Waals surface area contributed by atoms with Crippen molar-refractivity contribution < 1.29 is 23.8 Å². The number of carboxylic acid groups (broad SMARTS) is 1. The summed E-state index contributed by atoms with van der Waals surface area (Å²) in [5.74, 6) is -1.45. The van der Waals surface area contributed by atoms with Crippen molar-refractivity contribution in [1.29, 1.82) is 0 Å². The van der Waals surface area contributed by atoms with Crippen molar-refractivity contribution in [3.63, 3.8) is 0 Å². The highest BCUT2D eigenvalue weighted by atomic mass is 35.5. The molecule has 0 aliphatic heterocycles. The molecule has 0 saturated carbocycles. The lowest BCUT2D eigenvalue weighted by Gasteiger charge is -2.10. The highest BCUT2D eigenvalue weighted by Gasteiger charge is 2.10. The van der Waals surface area contributed by atoms with Gasteiger partial charge in [-0.3, -0.25) is 4.79 Å². The van der Waals surface area contributed by atoms with Crippen molar-refractivity contribution in [3.8, 4) is 5.75 Å². The Morgan fingerprint density at radius 1 is 1.03 bits per heavy atom. The van der Waals surface area contributed by atoms with E-state index in [1.807, 2.05) is 6.92 Å². The van der Waals surface area contributed by atoms with Crippen molar-refractivity contribution >= 4 is 23.5 Å². The Morgan fingerprint density at radius 2 is 1.66 bits per heavy atom. The molecule has 3 aromatic rings. The molecular weight excluding hydrogens is 397 g/mol. The molecule has 0 fully saturated rings. The molecule has 0 aliphatic rings. The monoisotopic (exact) mass is 415 g/mol. The number of aryl methyl sites for hydroxylation is 1. The maximum atomic E-state index is 12.7. The Balaban J connectivity index is 0.000000253. The van der Waals surface area contributed by atoms with Gasteiger partial charge in [0.25, 0.3) is 5.91 Å². The molecule has 0 aliphatic carbocycles. The van der Waals surface area contributed by atoms with E-state index in [0.29, 0.717) is 16.3 Å². The summed E-state index contributed by atoms with van der Waals surface area (Å²) in [4.78, 5) is 21.6. The molecule has 0 bridgehead atoms. The Morgan fingerprint density at radius 3 is 2.21 bits per heavy atom. The van der Waals surface area contributed by atoms with E-state index < -0.39 is 11.9 Å². The number of benzene rings is 3. The summed E-state index contributed by atoms with van der Waals surface area (Å²) in [7, 11) is 0. The van der Waals surface area contributed by atoms with E-state index >= 15 is 0 Å². The number of amides is 1. The number of primary amides is 1. The van der Waals surface area contributed by atoms with Gasteiger partial charge in [0.15, 0.2) is 0 Å². The van der Waals surface area contributed by atoms with Gasteiger partial charge >= 0.3 is 5.97 Å². The number of aromatic carboxylic acids is 1. The number of carbonyl (C=O) groups is 2. The first-order valence-electron chi connectivity index (χ1n) is 8.53. The zero-order valence-electron chi connectivity index (χ0n) is 15.6. The summed E-state index contributed by atoms with van der Waals surface area (Å²) in [6.45, 7) is 2.13. The van der Waals surface area contributed by atoms with Gasteiger partial charge in [0, 0.05) is 5.02 Å². The van der Waals surface area contributed by atoms with Crippen LogP contribution in [0.1, 0.15) is 31.8 Å². The third kappa shape index (κ3) is 6.93. The molecule has 0 heterocycles. The highest BCUT2D eigenvalue weighted by molar-refractivity contribution is 6.31. The van der Waals surface area contributed by atoms with Crippen LogP contribution in [0.5, 0.6) is 5.75 Å². The number of halogens is 2. The minimum absolute atomic E-state index is 0.211. The van der Waals surface area contributed by atoms with E-state index in [1.54, 1.807) is 48.5 Å². The number of carboxylic acids is 1. The largest absolute Gasteiger partial charge is 0.488 e. The van der Waals surface area contributed by atoms with Crippen LogP contribution in [-0.2, 0) is 6.61 Å². The Kier molecular flexibility index (Phi) is 7.74. The molecule has 3 aromatic carbocycles. The molecule has 7 heteroatoms. The number of carbonyl (C=O) groups excluding carboxylic acids is 1. The second-order valence-electron chi connectivity index (χ2n) is 6.09. The van der Waals surface area contributed by atoms with Crippen molar-refractivity contribution in [2.45, 2.75) is 13.5 Å². The molecule has 5 nitrogen and oxygen atoms in total. The topological polar surface area (TPSA) is 89.6 Å². The van der Waals surface area contributed by atoms with E-state index in [4.69, 9.17) is 27.2 Å². The normalized spacial score (nSPS) is 9.90. The number of rotatable bonds is 5. The predicted molar refractivity (Wildman–Crippen MR) is 109 cm³/mol. The minimum Gasteiger partial charge on any atom is -0.488 e. The molecule has 0 radical (unpaired) electrons. The summed E-state index contributed by atoms with van der Waals surface area (Å²) in [6, 6.07) is 17.3.